The summed E-state index contributed by atoms with van der Waals surface area (Å²) >= 11 is 0. The van der Waals surface area contributed by atoms with Crippen LogP contribution in [0.2, 0.25) is 0 Å². The number of allylic oxidation sites excluding steroid dienone is 1. The molecular formula is C35H61NO2. The van der Waals surface area contributed by atoms with E-state index in [1.807, 2.05) is 0 Å². The van der Waals surface area contributed by atoms with E-state index in [4.69, 9.17) is 4.74 Å². The van der Waals surface area contributed by atoms with Crippen LogP contribution in [0, 0.1) is 46.3 Å². The number of amides is 1. The number of unbranched alkanes of at least 4 members (excludes halogenated alkanes) is 4. The lowest BCUT2D eigenvalue weighted by Crippen LogP contribution is -2.51. The first-order valence-electron chi connectivity index (χ1n) is 16.8. The Morgan fingerprint density at radius 1 is 0.974 bits per heavy atom. The molecule has 38 heavy (non-hydrogen) atoms. The molecule has 0 spiro atoms. The Labute approximate surface area is 235 Å². The number of rotatable bonds is 12. The number of carbonyl (C=O) groups excluding carboxylic acids is 1. The number of ether oxygens (including phenoxy) is 1. The van der Waals surface area contributed by atoms with Gasteiger partial charge in [-0.2, -0.15) is 0 Å². The van der Waals surface area contributed by atoms with Crippen LogP contribution in [0.4, 0.5) is 4.79 Å². The summed E-state index contributed by atoms with van der Waals surface area (Å²) in [7, 11) is 0. The maximum atomic E-state index is 12.5. The highest BCUT2D eigenvalue weighted by Gasteiger charge is 2.59. The molecule has 0 aromatic carbocycles. The lowest BCUT2D eigenvalue weighted by Gasteiger charge is -2.58. The van der Waals surface area contributed by atoms with E-state index in [0.717, 1.165) is 61.3 Å². The summed E-state index contributed by atoms with van der Waals surface area (Å²) in [4.78, 5) is 12.5. The van der Waals surface area contributed by atoms with E-state index < -0.39 is 0 Å². The van der Waals surface area contributed by atoms with Gasteiger partial charge in [-0.3, -0.25) is 0 Å². The minimum absolute atomic E-state index is 0.0578. The molecule has 3 fully saturated rings. The van der Waals surface area contributed by atoms with Gasteiger partial charge >= 0.3 is 6.09 Å². The van der Waals surface area contributed by atoms with E-state index in [2.05, 4.69) is 52.9 Å². The van der Waals surface area contributed by atoms with E-state index in [0.29, 0.717) is 10.8 Å². The average molecular weight is 528 g/mol. The largest absolute Gasteiger partial charge is 0.446 e. The van der Waals surface area contributed by atoms with Gasteiger partial charge in [-0.1, -0.05) is 98.1 Å². The molecule has 0 aromatic heterocycles. The maximum Gasteiger partial charge on any atom is 0.407 e. The predicted molar refractivity (Wildman–Crippen MR) is 160 cm³/mol. The molecule has 0 saturated heterocycles. The van der Waals surface area contributed by atoms with Gasteiger partial charge < -0.3 is 10.1 Å². The molecule has 8 atom stereocenters. The van der Waals surface area contributed by atoms with Gasteiger partial charge in [0, 0.05) is 13.0 Å². The van der Waals surface area contributed by atoms with Crippen molar-refractivity contribution in [1.29, 1.82) is 0 Å². The highest BCUT2D eigenvalue weighted by Crippen LogP contribution is 2.67. The van der Waals surface area contributed by atoms with Crippen LogP contribution in [-0.2, 0) is 4.74 Å². The summed E-state index contributed by atoms with van der Waals surface area (Å²) in [6.07, 6.45) is 23.0. The maximum absolute atomic E-state index is 12.5. The van der Waals surface area contributed by atoms with Crippen LogP contribution in [0.15, 0.2) is 11.6 Å². The molecule has 4 aliphatic carbocycles. The summed E-state index contributed by atoms with van der Waals surface area (Å²) in [5.74, 6) is 5.24. The normalized spacial score (nSPS) is 37.1. The van der Waals surface area contributed by atoms with E-state index in [1.54, 1.807) is 5.57 Å². The molecule has 0 radical (unpaired) electrons. The number of carbonyl (C=O) groups is 1. The average Bonchev–Trinajstić information content (AvgIpc) is 3.23. The van der Waals surface area contributed by atoms with Crippen LogP contribution in [-0.4, -0.2) is 18.7 Å². The monoisotopic (exact) mass is 527 g/mol. The molecule has 4 rings (SSSR count). The minimum Gasteiger partial charge on any atom is -0.446 e. The SMILES string of the molecule is CCCCCCCNC(=O)OC1CCC2(C)C(=CCC3C2CCC2(C)C(C(C)CCCC(C)C)CCC32)C1. The molecule has 0 heterocycles. The zero-order chi connectivity index (χ0) is 27.3. The van der Waals surface area contributed by atoms with E-state index in [1.165, 1.54) is 83.5 Å². The van der Waals surface area contributed by atoms with Crippen molar-refractivity contribution >= 4 is 6.09 Å². The lowest BCUT2D eigenvalue weighted by molar-refractivity contribution is -0.0581. The Morgan fingerprint density at radius 3 is 2.53 bits per heavy atom. The molecular weight excluding hydrogens is 466 g/mol. The second-order valence-electron chi connectivity index (χ2n) is 14.9. The van der Waals surface area contributed by atoms with Crippen molar-refractivity contribution in [2.75, 3.05) is 6.54 Å². The van der Waals surface area contributed by atoms with E-state index in [-0.39, 0.29) is 12.2 Å². The fourth-order valence-electron chi connectivity index (χ4n) is 9.86. The van der Waals surface area contributed by atoms with Crippen LogP contribution in [0.5, 0.6) is 0 Å². The fraction of sp³-hybridized carbons (Fsp3) is 0.914. The Kier molecular flexibility index (Phi) is 10.3. The summed E-state index contributed by atoms with van der Waals surface area (Å²) < 4.78 is 5.93. The molecule has 218 valence electrons. The van der Waals surface area contributed by atoms with Gasteiger partial charge in [0.1, 0.15) is 6.10 Å². The first kappa shape index (κ1) is 30.0. The van der Waals surface area contributed by atoms with Crippen LogP contribution >= 0.6 is 0 Å². The lowest BCUT2D eigenvalue weighted by atomic mass is 9.47. The molecule has 3 nitrogen and oxygen atoms in total. The van der Waals surface area contributed by atoms with E-state index >= 15 is 0 Å². The number of fused-ring (bicyclic) bond motifs is 5. The third-order valence-corrected chi connectivity index (χ3v) is 12.1. The van der Waals surface area contributed by atoms with Crippen molar-refractivity contribution in [1.82, 2.24) is 5.32 Å². The van der Waals surface area contributed by atoms with Crippen LogP contribution in [0.25, 0.3) is 0 Å². The number of hydrogen-bond donors (Lipinski definition) is 1. The van der Waals surface area contributed by atoms with Gasteiger partial charge in [0.2, 0.25) is 0 Å². The smallest absolute Gasteiger partial charge is 0.407 e. The Balaban J connectivity index is 1.31. The second-order valence-corrected chi connectivity index (χ2v) is 14.9. The van der Waals surface area contributed by atoms with Crippen LogP contribution in [0.1, 0.15) is 144 Å². The molecule has 8 unspecified atom stereocenters. The molecule has 3 saturated carbocycles. The molecule has 0 aromatic rings. The Bertz CT molecular complexity index is 804. The molecule has 0 aliphatic heterocycles. The molecule has 1 N–H and O–H groups in total. The van der Waals surface area contributed by atoms with Crippen molar-refractivity contribution in [2.45, 2.75) is 150 Å². The van der Waals surface area contributed by atoms with Crippen molar-refractivity contribution in [3.63, 3.8) is 0 Å². The zero-order valence-electron chi connectivity index (χ0n) is 26.0. The highest BCUT2D eigenvalue weighted by molar-refractivity contribution is 5.67. The summed E-state index contributed by atoms with van der Waals surface area (Å²) in [6.45, 7) is 15.6. The van der Waals surface area contributed by atoms with Crippen molar-refractivity contribution < 1.29 is 9.53 Å². The van der Waals surface area contributed by atoms with Crippen molar-refractivity contribution in [2.24, 2.45) is 46.3 Å². The summed E-state index contributed by atoms with van der Waals surface area (Å²) in [5.41, 5.74) is 2.48. The first-order valence-corrected chi connectivity index (χ1v) is 16.8. The van der Waals surface area contributed by atoms with E-state index in [9.17, 15) is 4.79 Å². The zero-order valence-corrected chi connectivity index (χ0v) is 26.0. The number of nitrogens with one attached hydrogen (secondary N) is 1. The highest BCUT2D eigenvalue weighted by atomic mass is 16.6. The summed E-state index contributed by atoms with van der Waals surface area (Å²) in [5, 5.41) is 3.01. The predicted octanol–water partition coefficient (Wildman–Crippen LogP) is 10.1. The van der Waals surface area contributed by atoms with Crippen LogP contribution < -0.4 is 5.32 Å². The van der Waals surface area contributed by atoms with Gasteiger partial charge in [-0.15, -0.1) is 0 Å². The van der Waals surface area contributed by atoms with Gasteiger partial charge in [-0.05, 0) is 97.7 Å². The number of hydrogen-bond acceptors (Lipinski definition) is 2. The van der Waals surface area contributed by atoms with Gasteiger partial charge in [0.25, 0.3) is 0 Å². The van der Waals surface area contributed by atoms with Crippen LogP contribution in [0.3, 0.4) is 0 Å². The van der Waals surface area contributed by atoms with Crippen molar-refractivity contribution in [3.8, 4) is 0 Å². The minimum atomic E-state index is -0.198. The van der Waals surface area contributed by atoms with Gasteiger partial charge in [0.05, 0.1) is 0 Å². The van der Waals surface area contributed by atoms with Gasteiger partial charge in [-0.25, -0.2) is 4.79 Å². The second kappa shape index (κ2) is 13.1. The molecule has 4 aliphatic rings. The Morgan fingerprint density at radius 2 is 1.76 bits per heavy atom. The van der Waals surface area contributed by atoms with Gasteiger partial charge in [0.15, 0.2) is 0 Å². The Hall–Kier alpha value is -0.990. The molecule has 0 bridgehead atoms. The molecule has 1 amide bonds. The first-order chi connectivity index (χ1) is 18.2. The topological polar surface area (TPSA) is 38.3 Å². The number of alkyl carbamates (subject to hydrolysis) is 1. The third-order valence-electron chi connectivity index (χ3n) is 12.1. The molecule has 3 heteroatoms. The third kappa shape index (κ3) is 6.49. The quantitative estimate of drug-likeness (QED) is 0.202. The standard InChI is InChI=1S/C35H61NO2/c1-7-8-9-10-11-23-36-33(37)38-28-19-21-34(5)27(24-28)15-16-29-31-18-17-30(26(4)14-12-13-25(2)3)35(31,6)22-20-32(29)34/h15,25-26,28-32H,7-14,16-24H2,1-6H3,(H,36,37). The fourth-order valence-corrected chi connectivity index (χ4v) is 9.86. The van der Waals surface area contributed by atoms with Crippen molar-refractivity contribution in [3.05, 3.63) is 11.6 Å². The summed E-state index contributed by atoms with van der Waals surface area (Å²) in [6, 6.07) is 0.